The SMILES string of the molecule is C=C(C)C[C@@H]1CCC(C)=C[C@H]1c1c(O)cc(-c2cncn2C)cc1O. The van der Waals surface area contributed by atoms with Crippen molar-refractivity contribution in [2.24, 2.45) is 13.0 Å². The zero-order valence-corrected chi connectivity index (χ0v) is 15.2. The summed E-state index contributed by atoms with van der Waals surface area (Å²) in [5.41, 5.74) is 4.67. The van der Waals surface area contributed by atoms with Crippen LogP contribution >= 0.6 is 0 Å². The summed E-state index contributed by atoms with van der Waals surface area (Å²) in [5, 5.41) is 21.4. The number of hydrogen-bond donors (Lipinski definition) is 2. The lowest BCUT2D eigenvalue weighted by Crippen LogP contribution is -2.16. The predicted octanol–water partition coefficient (Wildman–Crippen LogP) is 4.90. The molecule has 0 aliphatic heterocycles. The van der Waals surface area contributed by atoms with Crippen molar-refractivity contribution in [2.45, 2.75) is 39.0 Å². The van der Waals surface area contributed by atoms with Gasteiger partial charge in [-0.25, -0.2) is 4.98 Å². The summed E-state index contributed by atoms with van der Waals surface area (Å²) in [7, 11) is 1.89. The highest BCUT2D eigenvalue weighted by Crippen LogP contribution is 2.47. The van der Waals surface area contributed by atoms with Crippen LogP contribution in [0.1, 0.15) is 44.6 Å². The van der Waals surface area contributed by atoms with E-state index in [1.54, 1.807) is 24.7 Å². The van der Waals surface area contributed by atoms with Crippen molar-refractivity contribution in [3.8, 4) is 22.8 Å². The second-order valence-corrected chi connectivity index (χ2v) is 7.32. The summed E-state index contributed by atoms with van der Waals surface area (Å²) < 4.78 is 1.86. The van der Waals surface area contributed by atoms with Crippen LogP contribution in [0.3, 0.4) is 0 Å². The Morgan fingerprint density at radius 1 is 1.32 bits per heavy atom. The maximum atomic E-state index is 10.7. The van der Waals surface area contributed by atoms with Crippen molar-refractivity contribution in [3.05, 3.63) is 54.0 Å². The number of benzene rings is 1. The van der Waals surface area contributed by atoms with E-state index < -0.39 is 0 Å². The lowest BCUT2D eigenvalue weighted by atomic mass is 9.74. The molecule has 0 amide bonds. The van der Waals surface area contributed by atoms with Gasteiger partial charge in [0, 0.05) is 24.1 Å². The van der Waals surface area contributed by atoms with Crippen LogP contribution in [0.5, 0.6) is 11.5 Å². The first-order chi connectivity index (χ1) is 11.9. The Hall–Kier alpha value is -2.49. The van der Waals surface area contributed by atoms with Crippen LogP contribution in [0.4, 0.5) is 0 Å². The van der Waals surface area contributed by atoms with Crippen molar-refractivity contribution in [1.82, 2.24) is 9.55 Å². The minimum atomic E-state index is 0.00559. The average molecular weight is 338 g/mol. The summed E-state index contributed by atoms with van der Waals surface area (Å²) in [4.78, 5) is 4.10. The Morgan fingerprint density at radius 3 is 2.56 bits per heavy atom. The van der Waals surface area contributed by atoms with E-state index in [0.29, 0.717) is 11.5 Å². The molecule has 2 N–H and O–H groups in total. The minimum Gasteiger partial charge on any atom is -0.507 e. The molecule has 4 nitrogen and oxygen atoms in total. The molecule has 2 aromatic rings. The third-order valence-corrected chi connectivity index (χ3v) is 5.07. The van der Waals surface area contributed by atoms with Gasteiger partial charge in [0.05, 0.1) is 18.2 Å². The third kappa shape index (κ3) is 3.48. The summed E-state index contributed by atoms with van der Waals surface area (Å²) in [5.74, 6) is 0.629. The fourth-order valence-electron chi connectivity index (χ4n) is 3.86. The van der Waals surface area contributed by atoms with E-state index >= 15 is 0 Å². The summed E-state index contributed by atoms with van der Waals surface area (Å²) in [6.45, 7) is 8.19. The first-order valence-corrected chi connectivity index (χ1v) is 8.71. The zero-order chi connectivity index (χ0) is 18.1. The third-order valence-electron chi connectivity index (χ3n) is 5.07. The van der Waals surface area contributed by atoms with Gasteiger partial charge >= 0.3 is 0 Å². The molecule has 3 rings (SSSR count). The molecular weight excluding hydrogens is 312 g/mol. The average Bonchev–Trinajstić information content (AvgIpc) is 2.95. The molecule has 0 spiro atoms. The van der Waals surface area contributed by atoms with Crippen LogP contribution in [0.15, 0.2) is 48.5 Å². The Kier molecular flexibility index (Phi) is 4.71. The van der Waals surface area contributed by atoms with E-state index in [1.807, 2.05) is 18.5 Å². The van der Waals surface area contributed by atoms with Crippen LogP contribution in [-0.4, -0.2) is 19.8 Å². The lowest BCUT2D eigenvalue weighted by Gasteiger charge is -2.31. The minimum absolute atomic E-state index is 0.00559. The largest absolute Gasteiger partial charge is 0.507 e. The highest BCUT2D eigenvalue weighted by Gasteiger charge is 2.29. The standard InChI is InChI=1S/C21H26N2O2/c1-13(2)7-15-6-5-14(3)8-17(15)21-19(24)9-16(10-20(21)25)18-11-22-12-23(18)4/h8-12,15,17,24-25H,1,5-7H2,2-4H3/t15-,17+/m0/s1. The number of aryl methyl sites for hydroxylation is 1. The monoisotopic (exact) mass is 338 g/mol. The van der Waals surface area contributed by atoms with Gasteiger partial charge in [-0.1, -0.05) is 17.2 Å². The number of rotatable bonds is 4. The number of aromatic nitrogens is 2. The van der Waals surface area contributed by atoms with Gasteiger partial charge < -0.3 is 14.8 Å². The first kappa shape index (κ1) is 17.3. The fourth-order valence-corrected chi connectivity index (χ4v) is 3.86. The second kappa shape index (κ2) is 6.79. The molecular formula is C21H26N2O2. The molecule has 4 heteroatoms. The fraction of sp³-hybridized carbons (Fsp3) is 0.381. The van der Waals surface area contributed by atoms with Gasteiger partial charge in [-0.05, 0) is 51.2 Å². The van der Waals surface area contributed by atoms with Crippen molar-refractivity contribution < 1.29 is 10.2 Å². The van der Waals surface area contributed by atoms with Crippen molar-refractivity contribution in [2.75, 3.05) is 0 Å². The quantitative estimate of drug-likeness (QED) is 0.779. The van der Waals surface area contributed by atoms with Crippen LogP contribution in [0, 0.1) is 5.92 Å². The number of aromatic hydroxyl groups is 2. The van der Waals surface area contributed by atoms with Gasteiger partial charge in [0.25, 0.3) is 0 Å². The molecule has 0 unspecified atom stereocenters. The topological polar surface area (TPSA) is 58.3 Å². The summed E-state index contributed by atoms with van der Waals surface area (Å²) in [6, 6.07) is 3.45. The van der Waals surface area contributed by atoms with E-state index in [9.17, 15) is 10.2 Å². The molecule has 25 heavy (non-hydrogen) atoms. The van der Waals surface area contributed by atoms with E-state index in [1.165, 1.54) is 5.57 Å². The molecule has 0 saturated heterocycles. The zero-order valence-electron chi connectivity index (χ0n) is 15.2. The van der Waals surface area contributed by atoms with Crippen molar-refractivity contribution >= 4 is 0 Å². The molecule has 0 fully saturated rings. The Morgan fingerprint density at radius 2 is 2.00 bits per heavy atom. The number of allylic oxidation sites excluding steroid dienone is 3. The van der Waals surface area contributed by atoms with Crippen LogP contribution < -0.4 is 0 Å². The maximum Gasteiger partial charge on any atom is 0.123 e. The molecule has 132 valence electrons. The Labute approximate surface area is 149 Å². The molecule has 0 radical (unpaired) electrons. The number of nitrogens with zero attached hydrogens (tertiary/aromatic N) is 2. The van der Waals surface area contributed by atoms with Gasteiger partial charge in [0.15, 0.2) is 0 Å². The highest BCUT2D eigenvalue weighted by molar-refractivity contribution is 5.67. The van der Waals surface area contributed by atoms with Crippen molar-refractivity contribution in [3.63, 3.8) is 0 Å². The van der Waals surface area contributed by atoms with E-state index in [4.69, 9.17) is 0 Å². The Bertz CT molecular complexity index is 809. The summed E-state index contributed by atoms with van der Waals surface area (Å²) >= 11 is 0. The number of hydrogen-bond acceptors (Lipinski definition) is 3. The predicted molar refractivity (Wildman–Crippen MR) is 101 cm³/mol. The normalized spacial score (nSPS) is 20.4. The number of phenols is 2. The van der Waals surface area contributed by atoms with Crippen LogP contribution in [0.25, 0.3) is 11.3 Å². The van der Waals surface area contributed by atoms with Crippen LogP contribution in [0.2, 0.25) is 0 Å². The highest BCUT2D eigenvalue weighted by atomic mass is 16.3. The van der Waals surface area contributed by atoms with Gasteiger partial charge in [0.2, 0.25) is 0 Å². The molecule has 1 aromatic carbocycles. The van der Waals surface area contributed by atoms with Gasteiger partial charge in [-0.15, -0.1) is 6.58 Å². The maximum absolute atomic E-state index is 10.7. The lowest BCUT2D eigenvalue weighted by molar-refractivity contribution is 0.379. The number of phenolic OH excluding ortho intramolecular Hbond substituents is 2. The van der Waals surface area contributed by atoms with E-state index in [2.05, 4.69) is 24.6 Å². The molecule has 1 aliphatic carbocycles. The molecule has 1 aliphatic rings. The molecule has 1 heterocycles. The molecule has 2 atom stereocenters. The summed E-state index contributed by atoms with van der Waals surface area (Å²) in [6.07, 6.45) is 8.62. The molecule has 1 aromatic heterocycles. The smallest absolute Gasteiger partial charge is 0.123 e. The van der Waals surface area contributed by atoms with Gasteiger partial charge in [-0.2, -0.15) is 0 Å². The molecule has 0 bridgehead atoms. The van der Waals surface area contributed by atoms with E-state index in [0.717, 1.165) is 36.1 Å². The van der Waals surface area contributed by atoms with E-state index in [-0.39, 0.29) is 17.4 Å². The van der Waals surface area contributed by atoms with Gasteiger partial charge in [0.1, 0.15) is 11.5 Å². The van der Waals surface area contributed by atoms with Crippen molar-refractivity contribution in [1.29, 1.82) is 0 Å². The van der Waals surface area contributed by atoms with Crippen LogP contribution in [-0.2, 0) is 7.05 Å². The van der Waals surface area contributed by atoms with Gasteiger partial charge in [-0.3, -0.25) is 0 Å². The molecule has 0 saturated carbocycles. The first-order valence-electron chi connectivity index (χ1n) is 8.71. The second-order valence-electron chi connectivity index (χ2n) is 7.32. The Balaban J connectivity index is 2.05. The number of imidazole rings is 1.